The molecule has 2 aromatic carbocycles. The first-order chi connectivity index (χ1) is 13.1. The van der Waals surface area contributed by atoms with Gasteiger partial charge in [-0.05, 0) is 18.2 Å². The van der Waals surface area contributed by atoms with Crippen LogP contribution >= 0.6 is 0 Å². The summed E-state index contributed by atoms with van der Waals surface area (Å²) in [4.78, 5) is 36.3. The van der Waals surface area contributed by atoms with Crippen LogP contribution in [-0.2, 0) is 4.79 Å². The number of nitrogens with zero attached hydrogens (tertiary/aromatic N) is 3. The summed E-state index contributed by atoms with van der Waals surface area (Å²) in [5.74, 6) is -0.756. The van der Waals surface area contributed by atoms with Crippen molar-refractivity contribution in [2.24, 2.45) is 0 Å². The Morgan fingerprint density at radius 3 is 2.30 bits per heavy atom. The third-order valence-corrected chi connectivity index (χ3v) is 3.73. The van der Waals surface area contributed by atoms with Crippen LogP contribution in [0.4, 0.5) is 5.69 Å². The normalized spacial score (nSPS) is 10.2. The zero-order valence-electron chi connectivity index (χ0n) is 14.3. The molecule has 8 heteroatoms. The van der Waals surface area contributed by atoms with Crippen LogP contribution < -0.4 is 10.7 Å². The van der Waals surface area contributed by atoms with Crippen LogP contribution in [0, 0.1) is 0 Å². The topological polar surface area (TPSA) is 106 Å². The second-order valence-electron chi connectivity index (χ2n) is 5.73. The molecule has 3 rings (SSSR count). The highest BCUT2D eigenvalue weighted by atomic mass is 16.2. The molecule has 2 amide bonds. The van der Waals surface area contributed by atoms with Crippen LogP contribution in [0.15, 0.2) is 67.3 Å². The van der Waals surface area contributed by atoms with E-state index in [4.69, 9.17) is 0 Å². The second kappa shape index (κ2) is 8.52. The lowest BCUT2D eigenvalue weighted by molar-refractivity contribution is -0.116. The van der Waals surface area contributed by atoms with Gasteiger partial charge in [-0.2, -0.15) is 0 Å². The molecule has 0 atom stereocenters. The summed E-state index contributed by atoms with van der Waals surface area (Å²) >= 11 is 0. The molecule has 8 nitrogen and oxygen atoms in total. The third kappa shape index (κ3) is 5.08. The minimum absolute atomic E-state index is 0.0604. The number of aromatic nitrogens is 3. The fourth-order valence-electron chi connectivity index (χ4n) is 2.40. The van der Waals surface area contributed by atoms with Crippen LogP contribution in [-0.4, -0.2) is 32.5 Å². The summed E-state index contributed by atoms with van der Waals surface area (Å²) in [7, 11) is 0. The molecule has 27 heavy (non-hydrogen) atoms. The van der Waals surface area contributed by atoms with Gasteiger partial charge in [-0.1, -0.05) is 36.4 Å². The van der Waals surface area contributed by atoms with E-state index in [1.54, 1.807) is 48.5 Å². The Hall–Kier alpha value is -3.81. The Kier molecular flexibility index (Phi) is 5.68. The molecule has 0 spiro atoms. The number of benzene rings is 2. The Bertz CT molecular complexity index is 939. The van der Waals surface area contributed by atoms with E-state index in [-0.39, 0.29) is 30.4 Å². The summed E-state index contributed by atoms with van der Waals surface area (Å²) in [5.41, 5.74) is 3.99. The van der Waals surface area contributed by atoms with Crippen molar-refractivity contribution in [3.05, 3.63) is 78.4 Å². The molecule has 3 aromatic rings. The van der Waals surface area contributed by atoms with Gasteiger partial charge >= 0.3 is 0 Å². The molecule has 0 fully saturated rings. The summed E-state index contributed by atoms with van der Waals surface area (Å²) in [6, 6.07) is 15.3. The highest BCUT2D eigenvalue weighted by molar-refractivity contribution is 6.02. The van der Waals surface area contributed by atoms with Crippen LogP contribution in [0.5, 0.6) is 0 Å². The number of carbonyl (C=O) groups is 3. The molecule has 136 valence electrons. The number of hydrogen-bond donors (Lipinski definition) is 2. The van der Waals surface area contributed by atoms with Crippen molar-refractivity contribution in [3.63, 3.8) is 0 Å². The molecule has 1 heterocycles. The number of amides is 2. The standard InChI is InChI=1S/C19H17N5O3/c25-17(14-5-2-1-3-6-14)9-10-18(26)22-16-8-4-7-15(11-16)19(27)23-24-12-20-21-13-24/h1-8,11-13H,9-10H2,(H,22,26)(H,23,27). The van der Waals surface area contributed by atoms with E-state index in [1.165, 1.54) is 17.3 Å². The first kappa shape index (κ1) is 18.0. The second-order valence-corrected chi connectivity index (χ2v) is 5.73. The molecule has 0 aliphatic carbocycles. The van der Waals surface area contributed by atoms with E-state index >= 15 is 0 Å². The van der Waals surface area contributed by atoms with Crippen molar-refractivity contribution in [2.75, 3.05) is 10.7 Å². The number of rotatable bonds is 7. The van der Waals surface area contributed by atoms with E-state index in [2.05, 4.69) is 20.9 Å². The zero-order chi connectivity index (χ0) is 19.1. The van der Waals surface area contributed by atoms with Gasteiger partial charge < -0.3 is 5.32 Å². The maximum atomic E-state index is 12.2. The lowest BCUT2D eigenvalue weighted by Gasteiger charge is -2.08. The maximum absolute atomic E-state index is 12.2. The monoisotopic (exact) mass is 363 g/mol. The molecular formula is C19H17N5O3. The van der Waals surface area contributed by atoms with E-state index in [0.29, 0.717) is 16.8 Å². The molecule has 0 bridgehead atoms. The van der Waals surface area contributed by atoms with Gasteiger partial charge in [0, 0.05) is 29.7 Å². The van der Waals surface area contributed by atoms with Gasteiger partial charge in [-0.25, -0.2) is 4.68 Å². The molecule has 0 aliphatic heterocycles. The number of hydrogen-bond acceptors (Lipinski definition) is 5. The number of Topliss-reactive ketones (excluding diaryl/α,β-unsaturated/α-hetero) is 1. The molecule has 1 aromatic heterocycles. The van der Waals surface area contributed by atoms with Crippen molar-refractivity contribution in [1.29, 1.82) is 0 Å². The first-order valence-electron chi connectivity index (χ1n) is 8.26. The first-order valence-corrected chi connectivity index (χ1v) is 8.26. The van der Waals surface area contributed by atoms with Gasteiger partial charge in [0.1, 0.15) is 12.7 Å². The minimum Gasteiger partial charge on any atom is -0.326 e. The molecule has 0 radical (unpaired) electrons. The quantitative estimate of drug-likeness (QED) is 0.626. The molecule has 0 unspecified atom stereocenters. The number of anilines is 1. The Morgan fingerprint density at radius 1 is 0.852 bits per heavy atom. The van der Waals surface area contributed by atoms with Crippen molar-refractivity contribution >= 4 is 23.3 Å². The van der Waals surface area contributed by atoms with Gasteiger partial charge in [-0.3, -0.25) is 19.8 Å². The van der Waals surface area contributed by atoms with Crippen molar-refractivity contribution in [2.45, 2.75) is 12.8 Å². The fourth-order valence-corrected chi connectivity index (χ4v) is 2.40. The fraction of sp³-hybridized carbons (Fsp3) is 0.105. The average Bonchev–Trinajstić information content (AvgIpc) is 3.20. The summed E-state index contributed by atoms with van der Waals surface area (Å²) in [5, 5.41) is 9.89. The number of ketones is 1. The Morgan fingerprint density at radius 2 is 1.56 bits per heavy atom. The maximum Gasteiger partial charge on any atom is 0.270 e. The Labute approximate surface area is 155 Å². The van der Waals surface area contributed by atoms with Crippen LogP contribution in [0.1, 0.15) is 33.6 Å². The van der Waals surface area contributed by atoms with E-state index < -0.39 is 0 Å². The molecular weight excluding hydrogens is 346 g/mol. The number of carbonyl (C=O) groups excluding carboxylic acids is 3. The highest BCUT2D eigenvalue weighted by Crippen LogP contribution is 2.12. The minimum atomic E-state index is -0.370. The van der Waals surface area contributed by atoms with Crippen LogP contribution in [0.2, 0.25) is 0 Å². The van der Waals surface area contributed by atoms with Crippen molar-refractivity contribution in [3.8, 4) is 0 Å². The van der Waals surface area contributed by atoms with E-state index in [9.17, 15) is 14.4 Å². The average molecular weight is 363 g/mol. The van der Waals surface area contributed by atoms with Gasteiger partial charge in [0.25, 0.3) is 5.91 Å². The Balaban J connectivity index is 1.55. The van der Waals surface area contributed by atoms with Gasteiger partial charge in [-0.15, -0.1) is 10.2 Å². The summed E-state index contributed by atoms with van der Waals surface area (Å²) < 4.78 is 1.32. The smallest absolute Gasteiger partial charge is 0.270 e. The van der Waals surface area contributed by atoms with E-state index in [0.717, 1.165) is 0 Å². The van der Waals surface area contributed by atoms with Crippen LogP contribution in [0.3, 0.4) is 0 Å². The van der Waals surface area contributed by atoms with Crippen LogP contribution in [0.25, 0.3) is 0 Å². The number of nitrogens with one attached hydrogen (secondary N) is 2. The van der Waals surface area contributed by atoms with Gasteiger partial charge in [0.05, 0.1) is 0 Å². The molecule has 0 saturated heterocycles. The zero-order valence-corrected chi connectivity index (χ0v) is 14.3. The summed E-state index contributed by atoms with van der Waals surface area (Å²) in [6.07, 6.45) is 2.88. The predicted molar refractivity (Wildman–Crippen MR) is 98.8 cm³/mol. The van der Waals surface area contributed by atoms with Gasteiger partial charge in [0.2, 0.25) is 5.91 Å². The SMILES string of the molecule is O=C(CCC(=O)c1ccccc1)Nc1cccc(C(=O)Nn2cnnc2)c1. The van der Waals surface area contributed by atoms with Crippen molar-refractivity contribution < 1.29 is 14.4 Å². The largest absolute Gasteiger partial charge is 0.326 e. The molecule has 0 saturated carbocycles. The molecule has 2 N–H and O–H groups in total. The molecule has 0 aliphatic rings. The van der Waals surface area contributed by atoms with Gasteiger partial charge in [0.15, 0.2) is 5.78 Å². The van der Waals surface area contributed by atoms with E-state index in [1.807, 2.05) is 6.07 Å². The highest BCUT2D eigenvalue weighted by Gasteiger charge is 2.11. The lowest BCUT2D eigenvalue weighted by Crippen LogP contribution is -2.21. The third-order valence-electron chi connectivity index (χ3n) is 3.73. The summed E-state index contributed by atoms with van der Waals surface area (Å²) in [6.45, 7) is 0. The predicted octanol–water partition coefficient (Wildman–Crippen LogP) is 2.26. The lowest BCUT2D eigenvalue weighted by atomic mass is 10.1. The van der Waals surface area contributed by atoms with Crippen molar-refractivity contribution in [1.82, 2.24) is 14.9 Å².